The van der Waals surface area contributed by atoms with Crippen molar-refractivity contribution in [2.24, 2.45) is 0 Å². The summed E-state index contributed by atoms with van der Waals surface area (Å²) in [5.74, 6) is 0.750. The van der Waals surface area contributed by atoms with Gasteiger partial charge in [0.1, 0.15) is 5.75 Å². The maximum Gasteiger partial charge on any atom is 0.322 e. The maximum absolute atomic E-state index is 12.4. The first kappa shape index (κ1) is 15.8. The molecule has 6 nitrogen and oxygen atoms in total. The lowest BCUT2D eigenvalue weighted by Gasteiger charge is -2.03. The zero-order valence-corrected chi connectivity index (χ0v) is 14.0. The highest BCUT2D eigenvalue weighted by molar-refractivity contribution is 6.05. The van der Waals surface area contributed by atoms with Crippen molar-refractivity contribution < 1.29 is 13.9 Å². The molecule has 0 aliphatic rings. The SMILES string of the molecule is COc1ccc(-c2nnc(NC(=O)c3ccc4ccccc4c3)o2)cc1. The Balaban J connectivity index is 1.53. The molecular formula is C20H15N3O3. The van der Waals surface area contributed by atoms with Gasteiger partial charge in [-0.3, -0.25) is 10.1 Å². The molecule has 6 heteroatoms. The molecule has 0 radical (unpaired) electrons. The van der Waals surface area contributed by atoms with Crippen molar-refractivity contribution in [2.75, 3.05) is 12.4 Å². The molecule has 0 bridgehead atoms. The first-order chi connectivity index (χ1) is 12.7. The number of anilines is 1. The summed E-state index contributed by atoms with van der Waals surface area (Å²) in [6.45, 7) is 0. The minimum atomic E-state index is -0.305. The molecule has 1 N–H and O–H groups in total. The third-order valence-electron chi connectivity index (χ3n) is 3.99. The summed E-state index contributed by atoms with van der Waals surface area (Å²) in [7, 11) is 1.60. The fourth-order valence-corrected chi connectivity index (χ4v) is 2.62. The van der Waals surface area contributed by atoms with Gasteiger partial charge in [-0.15, -0.1) is 5.10 Å². The number of aromatic nitrogens is 2. The van der Waals surface area contributed by atoms with Gasteiger partial charge in [0.25, 0.3) is 5.91 Å². The Morgan fingerprint density at radius 3 is 2.50 bits per heavy atom. The summed E-state index contributed by atoms with van der Waals surface area (Å²) < 4.78 is 10.6. The minimum absolute atomic E-state index is 0.0500. The lowest BCUT2D eigenvalue weighted by molar-refractivity contribution is 0.102. The minimum Gasteiger partial charge on any atom is -0.497 e. The van der Waals surface area contributed by atoms with E-state index in [0.29, 0.717) is 11.5 Å². The monoisotopic (exact) mass is 345 g/mol. The van der Waals surface area contributed by atoms with Crippen LogP contribution in [-0.4, -0.2) is 23.2 Å². The molecule has 26 heavy (non-hydrogen) atoms. The van der Waals surface area contributed by atoms with E-state index >= 15 is 0 Å². The average molecular weight is 345 g/mol. The number of benzene rings is 3. The van der Waals surface area contributed by atoms with Crippen LogP contribution in [0.15, 0.2) is 71.1 Å². The first-order valence-electron chi connectivity index (χ1n) is 8.01. The highest BCUT2D eigenvalue weighted by atomic mass is 16.5. The summed E-state index contributed by atoms with van der Waals surface area (Å²) in [6, 6.07) is 20.6. The number of rotatable bonds is 4. The summed E-state index contributed by atoms with van der Waals surface area (Å²) >= 11 is 0. The number of fused-ring (bicyclic) bond motifs is 1. The normalized spacial score (nSPS) is 10.7. The highest BCUT2D eigenvalue weighted by Gasteiger charge is 2.13. The number of carbonyl (C=O) groups excluding carboxylic acids is 1. The number of hydrogen-bond acceptors (Lipinski definition) is 5. The zero-order chi connectivity index (χ0) is 17.9. The first-order valence-corrected chi connectivity index (χ1v) is 8.01. The van der Waals surface area contributed by atoms with Gasteiger partial charge >= 0.3 is 6.01 Å². The quantitative estimate of drug-likeness (QED) is 0.601. The number of nitrogens with zero attached hydrogens (tertiary/aromatic N) is 2. The van der Waals surface area contributed by atoms with E-state index in [-0.39, 0.29) is 11.9 Å². The Morgan fingerprint density at radius 1 is 0.962 bits per heavy atom. The van der Waals surface area contributed by atoms with Gasteiger partial charge in [0.05, 0.1) is 7.11 Å². The number of carbonyl (C=O) groups is 1. The van der Waals surface area contributed by atoms with Crippen molar-refractivity contribution in [2.45, 2.75) is 0 Å². The molecule has 0 aliphatic heterocycles. The largest absolute Gasteiger partial charge is 0.497 e. The Bertz CT molecular complexity index is 1070. The predicted molar refractivity (Wildman–Crippen MR) is 98.2 cm³/mol. The second kappa shape index (κ2) is 6.68. The summed E-state index contributed by atoms with van der Waals surface area (Å²) in [5.41, 5.74) is 1.26. The fraction of sp³-hybridized carbons (Fsp3) is 0.0500. The molecule has 0 atom stereocenters. The number of methoxy groups -OCH3 is 1. The summed E-state index contributed by atoms with van der Waals surface area (Å²) in [5, 5.41) is 12.5. The molecule has 1 aromatic heterocycles. The summed E-state index contributed by atoms with van der Waals surface area (Å²) in [4.78, 5) is 12.4. The van der Waals surface area contributed by atoms with Gasteiger partial charge in [-0.25, -0.2) is 0 Å². The van der Waals surface area contributed by atoms with E-state index in [1.165, 1.54) is 0 Å². The standard InChI is InChI=1S/C20H15N3O3/c1-25-17-10-8-14(9-11-17)19-22-23-20(26-19)21-18(24)16-7-6-13-4-2-3-5-15(13)12-16/h2-12H,1H3,(H,21,23,24). The lowest BCUT2D eigenvalue weighted by atomic mass is 10.1. The van der Waals surface area contributed by atoms with Gasteiger partial charge in [-0.2, -0.15) is 0 Å². The van der Waals surface area contributed by atoms with Crippen LogP contribution < -0.4 is 10.1 Å². The number of ether oxygens (including phenoxy) is 1. The smallest absolute Gasteiger partial charge is 0.322 e. The average Bonchev–Trinajstić information content (AvgIpc) is 3.16. The molecule has 128 valence electrons. The molecule has 0 saturated carbocycles. The summed E-state index contributed by atoms with van der Waals surface area (Å²) in [6.07, 6.45) is 0. The molecule has 1 heterocycles. The number of amides is 1. The third kappa shape index (κ3) is 3.12. The second-order valence-electron chi connectivity index (χ2n) is 5.66. The van der Waals surface area contributed by atoms with Gasteiger partial charge in [0.15, 0.2) is 0 Å². The molecular weight excluding hydrogens is 330 g/mol. The van der Waals surface area contributed by atoms with Crippen molar-refractivity contribution in [3.8, 4) is 17.2 Å². The van der Waals surface area contributed by atoms with E-state index in [1.54, 1.807) is 37.4 Å². The van der Waals surface area contributed by atoms with E-state index < -0.39 is 0 Å². The van der Waals surface area contributed by atoms with Gasteiger partial charge in [0, 0.05) is 11.1 Å². The molecule has 0 aliphatic carbocycles. The van der Waals surface area contributed by atoms with Crippen LogP contribution in [-0.2, 0) is 0 Å². The van der Waals surface area contributed by atoms with Gasteiger partial charge in [-0.05, 0) is 47.2 Å². The Labute approximate surface area is 149 Å². The van der Waals surface area contributed by atoms with E-state index in [0.717, 1.165) is 22.1 Å². The van der Waals surface area contributed by atoms with E-state index in [4.69, 9.17) is 9.15 Å². The molecule has 4 rings (SSSR count). The van der Waals surface area contributed by atoms with Gasteiger partial charge < -0.3 is 9.15 Å². The fourth-order valence-electron chi connectivity index (χ4n) is 2.62. The highest BCUT2D eigenvalue weighted by Crippen LogP contribution is 2.23. The van der Waals surface area contributed by atoms with Crippen LogP contribution in [0.1, 0.15) is 10.4 Å². The van der Waals surface area contributed by atoms with E-state index in [2.05, 4.69) is 15.5 Å². The Hall–Kier alpha value is -3.67. The number of nitrogens with one attached hydrogen (secondary N) is 1. The molecule has 0 saturated heterocycles. The van der Waals surface area contributed by atoms with Crippen LogP contribution in [0.25, 0.3) is 22.2 Å². The van der Waals surface area contributed by atoms with Crippen LogP contribution in [0, 0.1) is 0 Å². The second-order valence-corrected chi connectivity index (χ2v) is 5.66. The molecule has 1 amide bonds. The molecule has 4 aromatic rings. The van der Waals surface area contributed by atoms with Crippen LogP contribution in [0.4, 0.5) is 6.01 Å². The van der Waals surface area contributed by atoms with Crippen molar-refractivity contribution >= 4 is 22.7 Å². The van der Waals surface area contributed by atoms with Crippen LogP contribution in [0.5, 0.6) is 5.75 Å². The third-order valence-corrected chi connectivity index (χ3v) is 3.99. The Kier molecular flexibility index (Phi) is 4.07. The van der Waals surface area contributed by atoms with E-state index in [9.17, 15) is 4.79 Å². The molecule has 0 fully saturated rings. The lowest BCUT2D eigenvalue weighted by Crippen LogP contribution is -2.12. The Morgan fingerprint density at radius 2 is 1.73 bits per heavy atom. The van der Waals surface area contributed by atoms with Crippen LogP contribution in [0.2, 0.25) is 0 Å². The topological polar surface area (TPSA) is 77.3 Å². The molecule has 0 spiro atoms. The van der Waals surface area contributed by atoms with E-state index in [1.807, 2.05) is 36.4 Å². The predicted octanol–water partition coefficient (Wildman–Crippen LogP) is 4.15. The van der Waals surface area contributed by atoms with Crippen LogP contribution >= 0.6 is 0 Å². The van der Waals surface area contributed by atoms with Crippen LogP contribution in [0.3, 0.4) is 0 Å². The maximum atomic E-state index is 12.4. The van der Waals surface area contributed by atoms with Crippen molar-refractivity contribution in [3.63, 3.8) is 0 Å². The molecule has 3 aromatic carbocycles. The zero-order valence-electron chi connectivity index (χ0n) is 14.0. The van der Waals surface area contributed by atoms with Gasteiger partial charge in [-0.1, -0.05) is 35.4 Å². The molecule has 0 unspecified atom stereocenters. The number of hydrogen-bond donors (Lipinski definition) is 1. The van der Waals surface area contributed by atoms with Crippen molar-refractivity contribution in [1.29, 1.82) is 0 Å². The van der Waals surface area contributed by atoms with Gasteiger partial charge in [0.2, 0.25) is 5.89 Å². The van der Waals surface area contributed by atoms with Crippen molar-refractivity contribution in [1.82, 2.24) is 10.2 Å². The van der Waals surface area contributed by atoms with Crippen molar-refractivity contribution in [3.05, 3.63) is 72.3 Å².